The van der Waals surface area contributed by atoms with E-state index in [1.807, 2.05) is 6.92 Å². The van der Waals surface area contributed by atoms with Crippen LogP contribution in [-0.2, 0) is 4.79 Å². The van der Waals surface area contributed by atoms with Crippen LogP contribution in [0.25, 0.3) is 0 Å². The van der Waals surface area contributed by atoms with Gasteiger partial charge in [0.1, 0.15) is 5.75 Å². The zero-order valence-corrected chi connectivity index (χ0v) is 22.1. The Hall–Kier alpha value is -4.08. The van der Waals surface area contributed by atoms with Crippen LogP contribution in [0.1, 0.15) is 39.6 Å². The summed E-state index contributed by atoms with van der Waals surface area (Å²) >= 11 is 11.8. The van der Waals surface area contributed by atoms with Crippen LogP contribution in [-0.4, -0.2) is 44.3 Å². The Morgan fingerprint density at radius 1 is 0.921 bits per heavy atom. The highest BCUT2D eigenvalue weighted by molar-refractivity contribution is 6.42. The van der Waals surface area contributed by atoms with Crippen LogP contribution in [0.15, 0.2) is 65.8 Å². The number of carbonyl (C=O) groups excluding carboxylic acids is 3. The second-order valence-electron chi connectivity index (χ2n) is 7.78. The summed E-state index contributed by atoms with van der Waals surface area (Å²) in [6, 6.07) is 15.7. The van der Waals surface area contributed by atoms with Crippen LogP contribution in [0.2, 0.25) is 10.0 Å². The maximum Gasteiger partial charge on any atom is 0.343 e. The van der Waals surface area contributed by atoms with E-state index in [0.717, 1.165) is 6.42 Å². The summed E-state index contributed by atoms with van der Waals surface area (Å²) in [7, 11) is 1.42. The molecule has 198 valence electrons. The Bertz CT molecular complexity index is 1330. The van der Waals surface area contributed by atoms with Crippen molar-refractivity contribution in [3.8, 4) is 17.2 Å². The topological polar surface area (TPSA) is 115 Å². The number of hydrogen-bond donors (Lipinski definition) is 2. The molecule has 9 nitrogen and oxygen atoms in total. The van der Waals surface area contributed by atoms with Crippen molar-refractivity contribution in [3.05, 3.63) is 87.4 Å². The van der Waals surface area contributed by atoms with Gasteiger partial charge in [-0.15, -0.1) is 0 Å². The lowest BCUT2D eigenvalue weighted by Gasteiger charge is -2.10. The fraction of sp³-hybridized carbons (Fsp3) is 0.185. The van der Waals surface area contributed by atoms with Gasteiger partial charge in [-0.3, -0.25) is 9.59 Å². The first-order valence-corrected chi connectivity index (χ1v) is 12.2. The fourth-order valence-corrected chi connectivity index (χ4v) is 3.33. The molecule has 0 aliphatic rings. The van der Waals surface area contributed by atoms with Gasteiger partial charge in [0, 0.05) is 5.56 Å². The zero-order valence-electron chi connectivity index (χ0n) is 20.6. The van der Waals surface area contributed by atoms with E-state index in [9.17, 15) is 14.4 Å². The van der Waals surface area contributed by atoms with E-state index >= 15 is 0 Å². The predicted octanol–water partition coefficient (Wildman–Crippen LogP) is 4.89. The molecule has 0 spiro atoms. The number of ether oxygens (including phenoxy) is 3. The molecule has 0 heterocycles. The zero-order chi connectivity index (χ0) is 27.5. The molecule has 3 aromatic carbocycles. The molecule has 2 amide bonds. The van der Waals surface area contributed by atoms with E-state index in [2.05, 4.69) is 15.8 Å². The molecule has 0 aliphatic carbocycles. The highest BCUT2D eigenvalue weighted by atomic mass is 35.5. The average molecular weight is 558 g/mol. The summed E-state index contributed by atoms with van der Waals surface area (Å²) in [5.41, 5.74) is 3.52. The van der Waals surface area contributed by atoms with Gasteiger partial charge in [0.2, 0.25) is 0 Å². The number of benzene rings is 3. The molecule has 0 fully saturated rings. The molecule has 0 saturated heterocycles. The standard InChI is InChI=1S/C27H25Cl2N3O6/c1-3-12-37-20-8-5-18(6-9-20)26(34)30-16-25(33)32-31-15-17-4-11-23(24(13-17)36-2)38-27(35)19-7-10-21(28)22(29)14-19/h4-11,13-15H,3,12,16H2,1-2H3,(H,30,34)(H,32,33)/b31-15-. The van der Waals surface area contributed by atoms with Crippen molar-refractivity contribution in [3.63, 3.8) is 0 Å². The van der Waals surface area contributed by atoms with E-state index in [0.29, 0.717) is 28.5 Å². The Labute approximate surface area is 229 Å². The molecule has 0 aromatic heterocycles. The van der Waals surface area contributed by atoms with Gasteiger partial charge in [0.25, 0.3) is 11.8 Å². The SMILES string of the molecule is CCCOc1ccc(C(=O)NCC(=O)N/N=C\c2ccc(OC(=O)c3ccc(Cl)c(Cl)c3)c(OC)c2)cc1. The summed E-state index contributed by atoms with van der Waals surface area (Å²) in [6.07, 6.45) is 2.26. The molecule has 0 atom stereocenters. The second kappa shape index (κ2) is 14.0. The van der Waals surface area contributed by atoms with E-state index in [-0.39, 0.29) is 28.6 Å². The summed E-state index contributed by atoms with van der Waals surface area (Å²) in [6.45, 7) is 2.33. The number of esters is 1. The third-order valence-electron chi connectivity index (χ3n) is 4.95. The largest absolute Gasteiger partial charge is 0.494 e. The molecule has 0 radical (unpaired) electrons. The number of nitrogens with zero attached hydrogens (tertiary/aromatic N) is 1. The van der Waals surface area contributed by atoms with Gasteiger partial charge in [0.05, 0.1) is 42.1 Å². The predicted molar refractivity (Wildman–Crippen MR) is 145 cm³/mol. The highest BCUT2D eigenvalue weighted by Crippen LogP contribution is 2.29. The number of methoxy groups -OCH3 is 1. The first-order chi connectivity index (χ1) is 18.3. The van der Waals surface area contributed by atoms with E-state index < -0.39 is 17.8 Å². The highest BCUT2D eigenvalue weighted by Gasteiger charge is 2.14. The Kier molecular flexibility index (Phi) is 10.5. The number of rotatable bonds is 11. The van der Waals surface area contributed by atoms with E-state index in [1.54, 1.807) is 36.4 Å². The summed E-state index contributed by atoms with van der Waals surface area (Å²) < 4.78 is 16.2. The van der Waals surface area contributed by atoms with Gasteiger partial charge >= 0.3 is 5.97 Å². The summed E-state index contributed by atoms with van der Waals surface area (Å²) in [4.78, 5) is 36.7. The van der Waals surface area contributed by atoms with Gasteiger partial charge < -0.3 is 19.5 Å². The number of nitrogens with one attached hydrogen (secondary N) is 2. The molecule has 0 aliphatic heterocycles. The molecule has 38 heavy (non-hydrogen) atoms. The van der Waals surface area contributed by atoms with Gasteiger partial charge in [0.15, 0.2) is 11.5 Å². The minimum absolute atomic E-state index is 0.178. The van der Waals surface area contributed by atoms with Crippen LogP contribution in [0.5, 0.6) is 17.2 Å². The van der Waals surface area contributed by atoms with Gasteiger partial charge in [-0.05, 0) is 72.6 Å². The summed E-state index contributed by atoms with van der Waals surface area (Å²) in [5, 5.41) is 6.96. The normalized spacial score (nSPS) is 10.6. The third kappa shape index (κ3) is 8.22. The average Bonchev–Trinajstić information content (AvgIpc) is 2.93. The molecule has 0 bridgehead atoms. The Morgan fingerprint density at radius 2 is 1.66 bits per heavy atom. The number of carbonyl (C=O) groups is 3. The van der Waals surface area contributed by atoms with Crippen molar-refractivity contribution in [2.24, 2.45) is 5.10 Å². The smallest absolute Gasteiger partial charge is 0.343 e. The monoisotopic (exact) mass is 557 g/mol. The van der Waals surface area contributed by atoms with E-state index in [4.69, 9.17) is 37.4 Å². The lowest BCUT2D eigenvalue weighted by molar-refractivity contribution is -0.120. The Balaban J connectivity index is 1.51. The molecule has 11 heteroatoms. The van der Waals surface area contributed by atoms with Crippen LogP contribution in [0.3, 0.4) is 0 Å². The van der Waals surface area contributed by atoms with Crippen LogP contribution >= 0.6 is 23.2 Å². The summed E-state index contributed by atoms with van der Waals surface area (Å²) in [5.74, 6) is -0.439. The van der Waals surface area contributed by atoms with Crippen molar-refractivity contribution in [1.82, 2.24) is 10.7 Å². The minimum Gasteiger partial charge on any atom is -0.494 e. The maximum atomic E-state index is 12.4. The molecule has 2 N–H and O–H groups in total. The molecular weight excluding hydrogens is 533 g/mol. The van der Waals surface area contributed by atoms with Crippen molar-refractivity contribution < 1.29 is 28.6 Å². The Morgan fingerprint density at radius 3 is 2.34 bits per heavy atom. The van der Waals surface area contributed by atoms with Gasteiger partial charge in [-0.2, -0.15) is 5.10 Å². The van der Waals surface area contributed by atoms with Crippen molar-refractivity contribution in [1.29, 1.82) is 0 Å². The van der Waals surface area contributed by atoms with Gasteiger partial charge in [-0.1, -0.05) is 30.1 Å². The molecular formula is C27H25Cl2N3O6. The second-order valence-corrected chi connectivity index (χ2v) is 8.59. The lowest BCUT2D eigenvalue weighted by atomic mass is 10.2. The number of amides is 2. The molecule has 0 unspecified atom stereocenters. The molecule has 3 aromatic rings. The van der Waals surface area contributed by atoms with Gasteiger partial charge in [-0.25, -0.2) is 10.2 Å². The van der Waals surface area contributed by atoms with Crippen LogP contribution < -0.4 is 25.0 Å². The van der Waals surface area contributed by atoms with Crippen LogP contribution in [0, 0.1) is 0 Å². The minimum atomic E-state index is -0.640. The number of hydrogen-bond acceptors (Lipinski definition) is 7. The third-order valence-corrected chi connectivity index (χ3v) is 5.69. The van der Waals surface area contributed by atoms with E-state index in [1.165, 1.54) is 37.6 Å². The first-order valence-electron chi connectivity index (χ1n) is 11.5. The van der Waals surface area contributed by atoms with Crippen molar-refractivity contribution in [2.45, 2.75) is 13.3 Å². The first kappa shape index (κ1) is 28.5. The number of hydrazone groups is 1. The maximum absolute atomic E-state index is 12.4. The fourth-order valence-electron chi connectivity index (χ4n) is 3.03. The van der Waals surface area contributed by atoms with Crippen LogP contribution in [0.4, 0.5) is 0 Å². The quantitative estimate of drug-likeness (QED) is 0.150. The lowest BCUT2D eigenvalue weighted by Crippen LogP contribution is -2.34. The molecule has 0 saturated carbocycles. The van der Waals surface area contributed by atoms with Crippen molar-refractivity contribution in [2.75, 3.05) is 20.3 Å². The van der Waals surface area contributed by atoms with Crippen molar-refractivity contribution >= 4 is 47.2 Å². The number of halogens is 2. The molecule has 3 rings (SSSR count).